The van der Waals surface area contributed by atoms with Crippen LogP contribution in [0.5, 0.6) is 0 Å². The second-order valence-corrected chi connectivity index (χ2v) is 3.19. The van der Waals surface area contributed by atoms with E-state index < -0.39 is 5.97 Å². The minimum Gasteiger partial charge on any atom is -0.463 e. The molecule has 1 N–H and O–H groups in total. The van der Waals surface area contributed by atoms with Gasteiger partial charge in [-0.1, -0.05) is 0 Å². The lowest BCUT2D eigenvalue weighted by Crippen LogP contribution is -2.14. The van der Waals surface area contributed by atoms with Crippen LogP contribution in [0.4, 0.5) is 0 Å². The van der Waals surface area contributed by atoms with Crippen LogP contribution < -0.4 is 5.32 Å². The van der Waals surface area contributed by atoms with Gasteiger partial charge in [0.25, 0.3) is 5.82 Å². The fourth-order valence-corrected chi connectivity index (χ4v) is 1.50. The van der Waals surface area contributed by atoms with Crippen molar-refractivity contribution in [3.05, 3.63) is 12.2 Å². The molecule has 0 aliphatic carbocycles. The predicted molar refractivity (Wildman–Crippen MR) is 47.9 cm³/mol. The number of rotatable bonds is 2. The van der Waals surface area contributed by atoms with Gasteiger partial charge in [-0.2, -0.15) is 0 Å². The van der Waals surface area contributed by atoms with E-state index >= 15 is 0 Å². The first kappa shape index (κ1) is 9.14. The van der Waals surface area contributed by atoms with Crippen LogP contribution in [0.3, 0.4) is 0 Å². The zero-order valence-electron chi connectivity index (χ0n) is 7.93. The Morgan fingerprint density at radius 1 is 1.79 bits per heavy atom. The number of methoxy groups -OCH3 is 1. The Morgan fingerprint density at radius 3 is 3.29 bits per heavy atom. The third-order valence-electron chi connectivity index (χ3n) is 2.28. The van der Waals surface area contributed by atoms with Crippen molar-refractivity contribution in [3.8, 4) is 0 Å². The maximum absolute atomic E-state index is 11.1. The van der Waals surface area contributed by atoms with E-state index in [9.17, 15) is 4.79 Å². The summed E-state index contributed by atoms with van der Waals surface area (Å²) in [4.78, 5) is 14.9. The van der Waals surface area contributed by atoms with E-state index in [1.165, 1.54) is 7.11 Å². The largest absolute Gasteiger partial charge is 0.463 e. The van der Waals surface area contributed by atoms with E-state index in [0.29, 0.717) is 6.04 Å². The number of hydrogen-bond donors (Lipinski definition) is 1. The van der Waals surface area contributed by atoms with Gasteiger partial charge < -0.3 is 10.1 Å². The average Bonchev–Trinajstić information content (AvgIpc) is 2.86. The van der Waals surface area contributed by atoms with Crippen LogP contribution in [-0.4, -0.2) is 40.9 Å². The molecule has 14 heavy (non-hydrogen) atoms. The molecule has 1 aliphatic rings. The van der Waals surface area contributed by atoms with Crippen molar-refractivity contribution in [2.45, 2.75) is 12.5 Å². The normalized spacial score (nSPS) is 21.1. The third-order valence-corrected chi connectivity index (χ3v) is 2.28. The number of hydrogen-bond acceptors (Lipinski definition) is 5. The van der Waals surface area contributed by atoms with Gasteiger partial charge in [0.1, 0.15) is 6.33 Å². The molecule has 6 nitrogen and oxygen atoms in total. The Labute approximate surface area is 81.3 Å². The van der Waals surface area contributed by atoms with Crippen molar-refractivity contribution in [1.29, 1.82) is 0 Å². The molecule has 0 spiro atoms. The van der Waals surface area contributed by atoms with Gasteiger partial charge in [0.15, 0.2) is 0 Å². The number of aromatic nitrogens is 3. The van der Waals surface area contributed by atoms with E-state index in [1.54, 1.807) is 11.0 Å². The highest BCUT2D eigenvalue weighted by atomic mass is 16.5. The Hall–Kier alpha value is -1.43. The lowest BCUT2D eigenvalue weighted by Gasteiger charge is -2.06. The van der Waals surface area contributed by atoms with E-state index in [0.717, 1.165) is 19.5 Å². The quantitative estimate of drug-likeness (QED) is 0.652. The summed E-state index contributed by atoms with van der Waals surface area (Å²) in [5.74, 6) is -0.367. The van der Waals surface area contributed by atoms with Crippen molar-refractivity contribution in [3.63, 3.8) is 0 Å². The van der Waals surface area contributed by atoms with Gasteiger partial charge in [0, 0.05) is 6.54 Å². The van der Waals surface area contributed by atoms with Crippen molar-refractivity contribution in [2.75, 3.05) is 20.2 Å². The maximum Gasteiger partial charge on any atom is 0.377 e. The topological polar surface area (TPSA) is 69.0 Å². The van der Waals surface area contributed by atoms with Gasteiger partial charge in [-0.3, -0.25) is 0 Å². The summed E-state index contributed by atoms with van der Waals surface area (Å²) < 4.78 is 6.23. The highest BCUT2D eigenvalue weighted by molar-refractivity contribution is 5.84. The summed E-state index contributed by atoms with van der Waals surface area (Å²) in [5.41, 5.74) is 0. The molecule has 6 heteroatoms. The molecule has 1 atom stereocenters. The summed E-state index contributed by atoms with van der Waals surface area (Å²) in [6.07, 6.45) is 2.59. The fourth-order valence-electron chi connectivity index (χ4n) is 1.50. The number of nitrogens with one attached hydrogen (secondary N) is 1. The molecule has 0 aromatic carbocycles. The molecule has 1 fully saturated rings. The van der Waals surface area contributed by atoms with Crippen molar-refractivity contribution in [2.24, 2.45) is 0 Å². The fraction of sp³-hybridized carbons (Fsp3) is 0.625. The van der Waals surface area contributed by atoms with Crippen molar-refractivity contribution >= 4 is 5.97 Å². The molecule has 0 amide bonds. The second kappa shape index (κ2) is 3.75. The van der Waals surface area contributed by atoms with Crippen LogP contribution in [0.15, 0.2) is 6.33 Å². The molecule has 0 saturated carbocycles. The Balaban J connectivity index is 2.12. The molecule has 1 saturated heterocycles. The molecule has 1 aromatic rings. The highest BCUT2D eigenvalue weighted by Crippen LogP contribution is 2.12. The lowest BCUT2D eigenvalue weighted by atomic mass is 10.3. The summed E-state index contributed by atoms with van der Waals surface area (Å²) in [6, 6.07) is 0.306. The first-order valence-corrected chi connectivity index (χ1v) is 4.51. The van der Waals surface area contributed by atoms with Crippen LogP contribution in [-0.2, 0) is 4.74 Å². The monoisotopic (exact) mass is 196 g/mol. The minimum absolute atomic E-state index is 0.124. The molecule has 1 aromatic heterocycles. The van der Waals surface area contributed by atoms with Gasteiger partial charge >= 0.3 is 5.97 Å². The lowest BCUT2D eigenvalue weighted by molar-refractivity contribution is 0.0586. The van der Waals surface area contributed by atoms with Gasteiger partial charge in [-0.05, 0) is 13.0 Å². The molecule has 1 aliphatic heterocycles. The van der Waals surface area contributed by atoms with Gasteiger partial charge in [-0.15, -0.1) is 5.10 Å². The average molecular weight is 196 g/mol. The molecule has 0 radical (unpaired) electrons. The van der Waals surface area contributed by atoms with Crippen LogP contribution in [0, 0.1) is 0 Å². The summed E-state index contributed by atoms with van der Waals surface area (Å²) in [5, 5.41) is 7.27. The number of nitrogens with zero attached hydrogens (tertiary/aromatic N) is 3. The van der Waals surface area contributed by atoms with Gasteiger partial charge in [0.05, 0.1) is 13.2 Å². The number of ether oxygens (including phenoxy) is 1. The Morgan fingerprint density at radius 2 is 2.64 bits per heavy atom. The SMILES string of the molecule is COC(=O)c1ncn(C2CCNC2)n1. The smallest absolute Gasteiger partial charge is 0.377 e. The van der Waals surface area contributed by atoms with E-state index in [1.807, 2.05) is 0 Å². The van der Waals surface area contributed by atoms with E-state index in [4.69, 9.17) is 0 Å². The number of esters is 1. The van der Waals surface area contributed by atoms with Crippen LogP contribution >= 0.6 is 0 Å². The maximum atomic E-state index is 11.1. The number of carbonyl (C=O) groups is 1. The van der Waals surface area contributed by atoms with Crippen molar-refractivity contribution in [1.82, 2.24) is 20.1 Å². The summed E-state index contributed by atoms with van der Waals surface area (Å²) >= 11 is 0. The molecule has 2 rings (SSSR count). The first-order valence-electron chi connectivity index (χ1n) is 4.51. The third kappa shape index (κ3) is 1.60. The van der Waals surface area contributed by atoms with Crippen LogP contribution in [0.1, 0.15) is 23.1 Å². The summed E-state index contributed by atoms with van der Waals surface area (Å²) in [7, 11) is 1.32. The van der Waals surface area contributed by atoms with Crippen LogP contribution in [0.2, 0.25) is 0 Å². The van der Waals surface area contributed by atoms with Gasteiger partial charge in [0.2, 0.25) is 0 Å². The van der Waals surface area contributed by atoms with Gasteiger partial charge in [-0.25, -0.2) is 14.5 Å². The molecule has 2 heterocycles. The zero-order chi connectivity index (χ0) is 9.97. The number of carbonyl (C=O) groups excluding carboxylic acids is 1. The molecule has 0 bridgehead atoms. The minimum atomic E-state index is -0.491. The zero-order valence-corrected chi connectivity index (χ0v) is 7.93. The Bertz CT molecular complexity index is 330. The first-order chi connectivity index (χ1) is 6.81. The van der Waals surface area contributed by atoms with E-state index in [2.05, 4.69) is 20.1 Å². The molecular formula is C8H12N4O2. The highest BCUT2D eigenvalue weighted by Gasteiger charge is 2.19. The molecule has 76 valence electrons. The standard InChI is InChI=1S/C8H12N4O2/c1-14-8(13)7-10-5-12(11-7)6-2-3-9-4-6/h5-6,9H,2-4H2,1H3. The van der Waals surface area contributed by atoms with Crippen molar-refractivity contribution < 1.29 is 9.53 Å². The molecular weight excluding hydrogens is 184 g/mol. The predicted octanol–water partition coefficient (Wildman–Crippen LogP) is -0.401. The summed E-state index contributed by atoms with van der Waals surface area (Å²) in [6.45, 7) is 1.86. The van der Waals surface area contributed by atoms with E-state index in [-0.39, 0.29) is 5.82 Å². The van der Waals surface area contributed by atoms with Crippen LogP contribution in [0.25, 0.3) is 0 Å². The second-order valence-electron chi connectivity index (χ2n) is 3.19. The molecule has 1 unspecified atom stereocenters. The Kier molecular flexibility index (Phi) is 2.45.